The molecule has 6 heteroatoms. The smallest absolute Gasteiger partial charge is 0.250 e. The van der Waals surface area contributed by atoms with Gasteiger partial charge >= 0.3 is 0 Å². The van der Waals surface area contributed by atoms with Crippen LogP contribution < -0.4 is 10.2 Å². The van der Waals surface area contributed by atoms with E-state index in [4.69, 9.17) is 23.2 Å². The third kappa shape index (κ3) is 2.55. The van der Waals surface area contributed by atoms with Crippen molar-refractivity contribution in [1.29, 1.82) is 0 Å². The quantitative estimate of drug-likeness (QED) is 0.913. The van der Waals surface area contributed by atoms with Gasteiger partial charge in [0.15, 0.2) is 0 Å². The molecule has 19 heavy (non-hydrogen) atoms. The lowest BCUT2D eigenvalue weighted by Crippen LogP contribution is -2.62. The average molecular weight is 301 g/mol. The molecule has 2 amide bonds. The number of piperazine rings is 1. The largest absolute Gasteiger partial charge is 0.343 e. The second-order valence-corrected chi connectivity index (χ2v) is 5.27. The number of amides is 2. The first-order valence-corrected chi connectivity index (χ1v) is 6.79. The minimum Gasteiger partial charge on any atom is -0.343 e. The van der Waals surface area contributed by atoms with Gasteiger partial charge in [-0.2, -0.15) is 0 Å². The zero-order valence-electron chi connectivity index (χ0n) is 10.6. The molecule has 2 atom stereocenters. The monoisotopic (exact) mass is 300 g/mol. The fraction of sp³-hybridized carbons (Fsp3) is 0.385. The Kier molecular flexibility index (Phi) is 4.02. The maximum absolute atomic E-state index is 12.3. The fourth-order valence-corrected chi connectivity index (χ4v) is 2.38. The first kappa shape index (κ1) is 14.2. The Morgan fingerprint density at radius 3 is 2.53 bits per heavy atom. The summed E-state index contributed by atoms with van der Waals surface area (Å²) in [5, 5.41) is 3.48. The summed E-state index contributed by atoms with van der Waals surface area (Å²) in [6.45, 7) is 3.54. The van der Waals surface area contributed by atoms with Crippen LogP contribution in [0.25, 0.3) is 0 Å². The topological polar surface area (TPSA) is 49.4 Å². The Bertz CT molecular complexity index is 533. The van der Waals surface area contributed by atoms with Crippen molar-refractivity contribution in [3.63, 3.8) is 0 Å². The molecule has 1 aliphatic rings. The van der Waals surface area contributed by atoms with Crippen LogP contribution in [-0.2, 0) is 9.59 Å². The lowest BCUT2D eigenvalue weighted by molar-refractivity contribution is -0.133. The summed E-state index contributed by atoms with van der Waals surface area (Å²) >= 11 is 11.8. The van der Waals surface area contributed by atoms with Crippen LogP contribution in [0.2, 0.25) is 10.0 Å². The first-order valence-electron chi connectivity index (χ1n) is 6.04. The zero-order chi connectivity index (χ0) is 14.2. The van der Waals surface area contributed by atoms with Crippen molar-refractivity contribution in [3.8, 4) is 0 Å². The number of benzene rings is 1. The van der Waals surface area contributed by atoms with Gasteiger partial charge in [-0.15, -0.1) is 0 Å². The highest BCUT2D eigenvalue weighted by molar-refractivity contribution is 6.42. The first-order chi connectivity index (χ1) is 8.95. The van der Waals surface area contributed by atoms with Gasteiger partial charge in [-0.1, -0.05) is 30.1 Å². The lowest BCUT2D eigenvalue weighted by Gasteiger charge is -2.37. The number of carbonyl (C=O) groups excluding carboxylic acids is 2. The van der Waals surface area contributed by atoms with Gasteiger partial charge in [-0.3, -0.25) is 14.5 Å². The van der Waals surface area contributed by atoms with E-state index >= 15 is 0 Å². The molecule has 0 radical (unpaired) electrons. The molecule has 0 saturated carbocycles. The maximum Gasteiger partial charge on any atom is 0.250 e. The Morgan fingerprint density at radius 1 is 1.26 bits per heavy atom. The number of hydrogen-bond donors (Lipinski definition) is 1. The van der Waals surface area contributed by atoms with E-state index in [1.807, 2.05) is 6.92 Å². The second kappa shape index (κ2) is 5.39. The van der Waals surface area contributed by atoms with Crippen LogP contribution in [0.4, 0.5) is 5.69 Å². The van der Waals surface area contributed by atoms with Gasteiger partial charge in [0, 0.05) is 5.69 Å². The molecule has 1 N–H and O–H groups in total. The highest BCUT2D eigenvalue weighted by Crippen LogP contribution is 2.29. The van der Waals surface area contributed by atoms with E-state index in [0.29, 0.717) is 22.2 Å². The molecule has 1 fully saturated rings. The van der Waals surface area contributed by atoms with Crippen LogP contribution in [0.5, 0.6) is 0 Å². The van der Waals surface area contributed by atoms with Gasteiger partial charge < -0.3 is 5.32 Å². The summed E-state index contributed by atoms with van der Waals surface area (Å²) in [5.74, 6) is -0.300. The van der Waals surface area contributed by atoms with Crippen molar-refractivity contribution >= 4 is 40.7 Å². The van der Waals surface area contributed by atoms with Gasteiger partial charge in [0.25, 0.3) is 0 Å². The lowest BCUT2D eigenvalue weighted by atomic mass is 10.1. The number of rotatable bonds is 2. The molecule has 0 aromatic heterocycles. The minimum atomic E-state index is -0.562. The Labute approximate surface area is 121 Å². The van der Waals surface area contributed by atoms with Crippen LogP contribution in [0.3, 0.4) is 0 Å². The van der Waals surface area contributed by atoms with E-state index in [9.17, 15) is 9.59 Å². The third-order valence-electron chi connectivity index (χ3n) is 3.21. The number of hydrogen-bond acceptors (Lipinski definition) is 2. The molecule has 1 aliphatic heterocycles. The standard InChI is InChI=1S/C13H14Cl2N2O2/c1-3-11-13(19)17(7(2)12(18)16-11)8-4-5-9(14)10(15)6-8/h4-7,11H,3H2,1-2H3,(H,16,18). The fourth-order valence-electron chi connectivity index (χ4n) is 2.09. The average Bonchev–Trinajstić information content (AvgIpc) is 2.38. The summed E-state index contributed by atoms with van der Waals surface area (Å²) in [7, 11) is 0. The van der Waals surface area contributed by atoms with Crippen molar-refractivity contribution in [2.24, 2.45) is 0 Å². The molecular weight excluding hydrogens is 287 g/mol. The molecule has 1 aromatic rings. The molecule has 1 heterocycles. The molecule has 1 saturated heterocycles. The normalized spacial score (nSPS) is 23.5. The Morgan fingerprint density at radius 2 is 1.95 bits per heavy atom. The molecule has 0 spiro atoms. The molecule has 2 rings (SSSR count). The summed E-state index contributed by atoms with van der Waals surface area (Å²) in [6.07, 6.45) is 0.551. The summed E-state index contributed by atoms with van der Waals surface area (Å²) in [5.41, 5.74) is 0.584. The molecule has 0 aliphatic carbocycles. The SMILES string of the molecule is CCC1NC(=O)C(C)N(c2ccc(Cl)c(Cl)c2)C1=O. The van der Waals surface area contributed by atoms with Gasteiger partial charge in [0.2, 0.25) is 11.8 Å². The molecule has 2 unspecified atom stereocenters. The summed E-state index contributed by atoms with van der Waals surface area (Å²) < 4.78 is 0. The van der Waals surface area contributed by atoms with Gasteiger partial charge in [-0.25, -0.2) is 0 Å². The number of halogens is 2. The highest BCUT2D eigenvalue weighted by Gasteiger charge is 2.38. The summed E-state index contributed by atoms with van der Waals surface area (Å²) in [4.78, 5) is 25.7. The van der Waals surface area contributed by atoms with Crippen molar-refractivity contribution in [1.82, 2.24) is 5.32 Å². The Hall–Kier alpha value is -1.26. The highest BCUT2D eigenvalue weighted by atomic mass is 35.5. The molecule has 102 valence electrons. The van der Waals surface area contributed by atoms with Crippen LogP contribution in [0.15, 0.2) is 18.2 Å². The molecular formula is C13H14Cl2N2O2. The van der Waals surface area contributed by atoms with Gasteiger partial charge in [0.1, 0.15) is 12.1 Å². The van der Waals surface area contributed by atoms with Crippen molar-refractivity contribution < 1.29 is 9.59 Å². The Balaban J connectivity index is 2.41. The second-order valence-electron chi connectivity index (χ2n) is 4.45. The van der Waals surface area contributed by atoms with E-state index in [1.165, 1.54) is 4.90 Å². The number of nitrogens with one attached hydrogen (secondary N) is 1. The van der Waals surface area contributed by atoms with Crippen molar-refractivity contribution in [3.05, 3.63) is 28.2 Å². The van der Waals surface area contributed by atoms with E-state index in [1.54, 1.807) is 25.1 Å². The molecule has 1 aromatic carbocycles. The molecule has 0 bridgehead atoms. The van der Waals surface area contributed by atoms with Crippen molar-refractivity contribution in [2.75, 3.05) is 4.90 Å². The van der Waals surface area contributed by atoms with Crippen LogP contribution in [0.1, 0.15) is 20.3 Å². The van der Waals surface area contributed by atoms with Crippen molar-refractivity contribution in [2.45, 2.75) is 32.4 Å². The van der Waals surface area contributed by atoms with E-state index in [-0.39, 0.29) is 11.8 Å². The molecule has 4 nitrogen and oxygen atoms in total. The number of anilines is 1. The van der Waals surface area contributed by atoms with E-state index in [0.717, 1.165) is 0 Å². The predicted molar refractivity (Wildman–Crippen MR) is 75.6 cm³/mol. The van der Waals surface area contributed by atoms with E-state index in [2.05, 4.69) is 5.32 Å². The van der Waals surface area contributed by atoms with Gasteiger partial charge in [0.05, 0.1) is 10.0 Å². The number of nitrogens with zero attached hydrogens (tertiary/aromatic N) is 1. The third-order valence-corrected chi connectivity index (χ3v) is 3.95. The maximum atomic E-state index is 12.3. The number of carbonyl (C=O) groups is 2. The van der Waals surface area contributed by atoms with E-state index < -0.39 is 12.1 Å². The van der Waals surface area contributed by atoms with Crippen LogP contribution >= 0.6 is 23.2 Å². The van der Waals surface area contributed by atoms with Gasteiger partial charge in [-0.05, 0) is 31.5 Å². The van der Waals surface area contributed by atoms with Crippen LogP contribution in [-0.4, -0.2) is 23.9 Å². The minimum absolute atomic E-state index is 0.131. The van der Waals surface area contributed by atoms with Crippen LogP contribution in [0, 0.1) is 0 Å². The predicted octanol–water partition coefficient (Wildman–Crippen LogP) is 2.62. The zero-order valence-corrected chi connectivity index (χ0v) is 12.1. The summed E-state index contributed by atoms with van der Waals surface area (Å²) in [6, 6.07) is 3.86.